The molecule has 4 rings (SSSR count). The summed E-state index contributed by atoms with van der Waals surface area (Å²) in [5.41, 5.74) is 4.27. The first-order valence-corrected chi connectivity index (χ1v) is 8.38. The zero-order valence-corrected chi connectivity index (χ0v) is 14.5. The zero-order chi connectivity index (χ0) is 18.1. The van der Waals surface area contributed by atoms with E-state index in [9.17, 15) is 4.79 Å². The van der Waals surface area contributed by atoms with Crippen LogP contribution < -0.4 is 5.32 Å². The van der Waals surface area contributed by atoms with Crippen molar-refractivity contribution in [2.24, 2.45) is 0 Å². The Morgan fingerprint density at radius 1 is 1.15 bits per heavy atom. The summed E-state index contributed by atoms with van der Waals surface area (Å²) in [7, 11) is 0. The van der Waals surface area contributed by atoms with Gasteiger partial charge < -0.3 is 9.84 Å². The number of hydrogen-bond acceptors (Lipinski definition) is 4. The fraction of sp³-hybridized carbons (Fsp3) is 0.150. The second kappa shape index (κ2) is 6.48. The van der Waals surface area contributed by atoms with Gasteiger partial charge in [-0.2, -0.15) is 5.10 Å². The van der Waals surface area contributed by atoms with Gasteiger partial charge in [0.1, 0.15) is 0 Å². The van der Waals surface area contributed by atoms with Crippen LogP contribution in [0, 0.1) is 6.92 Å². The molecule has 130 valence electrons. The minimum atomic E-state index is -0.266. The van der Waals surface area contributed by atoms with E-state index >= 15 is 0 Å². The number of H-pyrrole nitrogens is 1. The molecule has 1 amide bonds. The Labute approximate surface area is 150 Å². The van der Waals surface area contributed by atoms with Gasteiger partial charge >= 0.3 is 0 Å². The van der Waals surface area contributed by atoms with Gasteiger partial charge in [-0.15, -0.1) is 0 Å². The molecular weight excluding hydrogens is 328 g/mol. The third-order valence-corrected chi connectivity index (χ3v) is 4.39. The lowest BCUT2D eigenvalue weighted by atomic mass is 10.1. The molecule has 6 nitrogen and oxygen atoms in total. The van der Waals surface area contributed by atoms with Crippen LogP contribution in [0.5, 0.6) is 0 Å². The Kier molecular flexibility index (Phi) is 4.01. The van der Waals surface area contributed by atoms with Crippen molar-refractivity contribution < 1.29 is 9.32 Å². The molecule has 0 fully saturated rings. The number of aromatic nitrogens is 3. The fourth-order valence-electron chi connectivity index (χ4n) is 2.82. The molecule has 2 aromatic carbocycles. The maximum atomic E-state index is 12.5. The van der Waals surface area contributed by atoms with Gasteiger partial charge in [0.15, 0.2) is 11.5 Å². The second-order valence-electron chi connectivity index (χ2n) is 6.35. The number of carbonyl (C=O) groups is 1. The van der Waals surface area contributed by atoms with Crippen LogP contribution in [0.4, 0.5) is 0 Å². The SMILES string of the molecule is Cc1ccc(C(C)NC(=O)c2cc(-c3ccc4[nH]ncc4c3)on2)cc1. The molecule has 26 heavy (non-hydrogen) atoms. The molecule has 6 heteroatoms. The van der Waals surface area contributed by atoms with Gasteiger partial charge in [-0.3, -0.25) is 9.89 Å². The molecule has 0 spiro atoms. The highest BCUT2D eigenvalue weighted by atomic mass is 16.5. The predicted octanol–water partition coefficient (Wildman–Crippen LogP) is 4.02. The lowest BCUT2D eigenvalue weighted by Gasteiger charge is -2.13. The number of rotatable bonds is 4. The maximum absolute atomic E-state index is 12.5. The van der Waals surface area contributed by atoms with Crippen molar-refractivity contribution in [2.45, 2.75) is 19.9 Å². The Morgan fingerprint density at radius 2 is 1.96 bits per heavy atom. The smallest absolute Gasteiger partial charge is 0.273 e. The highest BCUT2D eigenvalue weighted by Gasteiger charge is 2.17. The number of fused-ring (bicyclic) bond motifs is 1. The third-order valence-electron chi connectivity index (χ3n) is 4.39. The summed E-state index contributed by atoms with van der Waals surface area (Å²) < 4.78 is 5.36. The van der Waals surface area contributed by atoms with Crippen LogP contribution in [0.2, 0.25) is 0 Å². The molecule has 0 saturated heterocycles. The molecule has 2 N–H and O–H groups in total. The van der Waals surface area contributed by atoms with Crippen molar-refractivity contribution in [3.63, 3.8) is 0 Å². The fourth-order valence-corrected chi connectivity index (χ4v) is 2.82. The summed E-state index contributed by atoms with van der Waals surface area (Å²) >= 11 is 0. The number of aryl methyl sites for hydroxylation is 1. The van der Waals surface area contributed by atoms with Gasteiger partial charge in [-0.05, 0) is 37.6 Å². The normalized spacial score (nSPS) is 12.2. The summed E-state index contributed by atoms with van der Waals surface area (Å²) in [5, 5.41) is 14.7. The van der Waals surface area contributed by atoms with Crippen molar-refractivity contribution in [2.75, 3.05) is 0 Å². The number of amides is 1. The first kappa shape index (κ1) is 16.1. The molecule has 1 unspecified atom stereocenters. The van der Waals surface area contributed by atoms with Gasteiger partial charge in [0.05, 0.1) is 17.8 Å². The van der Waals surface area contributed by atoms with E-state index in [1.165, 1.54) is 5.56 Å². The monoisotopic (exact) mass is 346 g/mol. The molecule has 1 atom stereocenters. The molecule has 2 heterocycles. The van der Waals surface area contributed by atoms with Crippen LogP contribution in [-0.2, 0) is 0 Å². The van der Waals surface area contributed by atoms with E-state index < -0.39 is 0 Å². The Morgan fingerprint density at radius 3 is 2.77 bits per heavy atom. The molecule has 0 aliphatic rings. The van der Waals surface area contributed by atoms with E-state index in [-0.39, 0.29) is 17.6 Å². The van der Waals surface area contributed by atoms with Gasteiger partial charge in [0.25, 0.3) is 5.91 Å². The Hall–Kier alpha value is -3.41. The number of nitrogens with one attached hydrogen (secondary N) is 2. The van der Waals surface area contributed by atoms with Gasteiger partial charge in [-0.1, -0.05) is 35.0 Å². The highest BCUT2D eigenvalue weighted by molar-refractivity contribution is 5.93. The van der Waals surface area contributed by atoms with E-state index in [0.717, 1.165) is 22.0 Å². The maximum Gasteiger partial charge on any atom is 0.273 e. The van der Waals surface area contributed by atoms with Crippen LogP contribution >= 0.6 is 0 Å². The number of carbonyl (C=O) groups excluding carboxylic acids is 1. The molecule has 0 aliphatic carbocycles. The summed E-state index contributed by atoms with van der Waals surface area (Å²) in [4.78, 5) is 12.5. The topological polar surface area (TPSA) is 83.8 Å². The first-order valence-electron chi connectivity index (χ1n) is 8.38. The molecule has 0 aliphatic heterocycles. The minimum absolute atomic E-state index is 0.120. The van der Waals surface area contributed by atoms with Gasteiger partial charge in [-0.25, -0.2) is 0 Å². The Balaban J connectivity index is 1.51. The van der Waals surface area contributed by atoms with Crippen LogP contribution in [0.3, 0.4) is 0 Å². The standard InChI is InChI=1S/C20H18N4O2/c1-12-3-5-14(6-4-12)13(2)22-20(25)18-10-19(26-24-18)15-7-8-17-16(9-15)11-21-23-17/h3-11,13H,1-2H3,(H,21,23)(H,22,25). The quantitative estimate of drug-likeness (QED) is 0.584. The first-order chi connectivity index (χ1) is 12.6. The minimum Gasteiger partial charge on any atom is -0.355 e. The number of aromatic amines is 1. The summed E-state index contributed by atoms with van der Waals surface area (Å²) in [5.74, 6) is 0.277. The van der Waals surface area contributed by atoms with Crippen LogP contribution in [0.1, 0.15) is 34.6 Å². The second-order valence-corrected chi connectivity index (χ2v) is 6.35. The third kappa shape index (κ3) is 3.09. The summed E-state index contributed by atoms with van der Waals surface area (Å²) in [6.45, 7) is 3.97. The van der Waals surface area contributed by atoms with E-state index in [1.807, 2.05) is 56.3 Å². The van der Waals surface area contributed by atoms with Crippen LogP contribution in [-0.4, -0.2) is 21.3 Å². The highest BCUT2D eigenvalue weighted by Crippen LogP contribution is 2.24. The summed E-state index contributed by atoms with van der Waals surface area (Å²) in [6, 6.07) is 15.4. The lowest BCUT2D eigenvalue weighted by molar-refractivity contribution is 0.0931. The largest absolute Gasteiger partial charge is 0.355 e. The van der Waals surface area contributed by atoms with E-state index in [1.54, 1.807) is 12.3 Å². The van der Waals surface area contributed by atoms with E-state index in [0.29, 0.717) is 5.76 Å². The molecule has 4 aromatic rings. The number of hydrogen-bond donors (Lipinski definition) is 2. The number of benzene rings is 2. The van der Waals surface area contributed by atoms with Gasteiger partial charge in [0.2, 0.25) is 0 Å². The average molecular weight is 346 g/mol. The average Bonchev–Trinajstić information content (AvgIpc) is 3.31. The lowest BCUT2D eigenvalue weighted by Crippen LogP contribution is -2.26. The number of nitrogens with zero attached hydrogens (tertiary/aromatic N) is 2. The summed E-state index contributed by atoms with van der Waals surface area (Å²) in [6.07, 6.45) is 1.74. The zero-order valence-electron chi connectivity index (χ0n) is 14.5. The van der Waals surface area contributed by atoms with E-state index in [2.05, 4.69) is 20.7 Å². The van der Waals surface area contributed by atoms with Crippen LogP contribution in [0.15, 0.2) is 59.3 Å². The van der Waals surface area contributed by atoms with Crippen molar-refractivity contribution in [1.82, 2.24) is 20.7 Å². The molecule has 2 aromatic heterocycles. The van der Waals surface area contributed by atoms with Crippen molar-refractivity contribution in [3.05, 3.63) is 71.5 Å². The molecule has 0 radical (unpaired) electrons. The molecule has 0 bridgehead atoms. The Bertz CT molecular complexity index is 1060. The van der Waals surface area contributed by atoms with Crippen LogP contribution in [0.25, 0.3) is 22.2 Å². The van der Waals surface area contributed by atoms with Gasteiger partial charge in [0, 0.05) is 17.0 Å². The molecular formula is C20H18N4O2. The van der Waals surface area contributed by atoms with Crippen molar-refractivity contribution in [1.29, 1.82) is 0 Å². The van der Waals surface area contributed by atoms with Crippen molar-refractivity contribution >= 4 is 16.8 Å². The van der Waals surface area contributed by atoms with E-state index in [4.69, 9.17) is 4.52 Å². The molecule has 0 saturated carbocycles. The predicted molar refractivity (Wildman–Crippen MR) is 98.7 cm³/mol. The van der Waals surface area contributed by atoms with Crippen molar-refractivity contribution in [3.8, 4) is 11.3 Å².